The van der Waals surface area contributed by atoms with Gasteiger partial charge in [0.2, 0.25) is 0 Å². The summed E-state index contributed by atoms with van der Waals surface area (Å²) in [7, 11) is -3.69. The van der Waals surface area contributed by atoms with E-state index in [1.54, 1.807) is 0 Å². The Morgan fingerprint density at radius 3 is 2.47 bits per heavy atom. The molecule has 0 aliphatic heterocycles. The largest absolute Gasteiger partial charge is 0.398 e. The molecule has 0 radical (unpaired) electrons. The molecule has 0 unspecified atom stereocenters. The van der Waals surface area contributed by atoms with Crippen molar-refractivity contribution in [3.05, 3.63) is 11.4 Å². The van der Waals surface area contributed by atoms with Crippen molar-refractivity contribution in [2.24, 2.45) is 0 Å². The quantitative estimate of drug-likeness (QED) is 0.535. The Morgan fingerprint density at radius 2 is 2.07 bits per heavy atom. The van der Waals surface area contributed by atoms with Crippen molar-refractivity contribution in [1.29, 1.82) is 0 Å². The highest BCUT2D eigenvalue weighted by Gasteiger charge is 2.20. The molecule has 1 aromatic rings. The highest BCUT2D eigenvalue weighted by molar-refractivity contribution is 7.91. The second-order valence-electron chi connectivity index (χ2n) is 2.88. The summed E-state index contributed by atoms with van der Waals surface area (Å²) >= 11 is 0.981. The Balaban J connectivity index is 2.84. The normalized spacial score (nSPS) is 12.2. The van der Waals surface area contributed by atoms with Crippen LogP contribution in [0, 0.1) is 0 Å². The van der Waals surface area contributed by atoms with Gasteiger partial charge >= 0.3 is 0 Å². The maximum absolute atomic E-state index is 11.6. The van der Waals surface area contributed by atoms with E-state index in [1.807, 2.05) is 0 Å². The lowest BCUT2D eigenvalue weighted by Crippen LogP contribution is -2.39. The fourth-order valence-electron chi connectivity index (χ4n) is 0.881. The SMILES string of the molecule is Nc1csc(S(=O)(=O)NC(CO)CO)c1. The zero-order valence-electron chi connectivity index (χ0n) is 7.75. The molecule has 0 aliphatic carbocycles. The fourth-order valence-corrected chi connectivity index (χ4v) is 3.20. The minimum Gasteiger partial charge on any atom is -0.398 e. The molecule has 1 heterocycles. The van der Waals surface area contributed by atoms with Crippen LogP contribution in [0.5, 0.6) is 0 Å². The first-order valence-electron chi connectivity index (χ1n) is 4.07. The summed E-state index contributed by atoms with van der Waals surface area (Å²) in [4.78, 5) is 0. The molecule has 0 spiro atoms. The molecule has 0 saturated heterocycles. The fraction of sp³-hybridized carbons (Fsp3) is 0.429. The van der Waals surface area contributed by atoms with E-state index in [1.165, 1.54) is 11.4 Å². The summed E-state index contributed by atoms with van der Waals surface area (Å²) in [5.41, 5.74) is 5.76. The van der Waals surface area contributed by atoms with Gasteiger partial charge in [-0.05, 0) is 6.07 Å². The average Bonchev–Trinajstić information content (AvgIpc) is 2.62. The van der Waals surface area contributed by atoms with Crippen molar-refractivity contribution in [2.45, 2.75) is 10.3 Å². The number of nitrogens with two attached hydrogens (primary N) is 1. The van der Waals surface area contributed by atoms with Crippen LogP contribution in [-0.4, -0.2) is 37.9 Å². The number of sulfonamides is 1. The number of hydrogen-bond acceptors (Lipinski definition) is 6. The van der Waals surface area contributed by atoms with Gasteiger partial charge in [0.15, 0.2) is 0 Å². The number of thiophene rings is 1. The summed E-state index contributed by atoms with van der Waals surface area (Å²) < 4.78 is 25.4. The first-order valence-corrected chi connectivity index (χ1v) is 6.44. The summed E-state index contributed by atoms with van der Waals surface area (Å²) in [6.07, 6.45) is 0. The van der Waals surface area contributed by atoms with Gasteiger partial charge in [0.1, 0.15) is 4.21 Å². The average molecular weight is 252 g/mol. The zero-order valence-corrected chi connectivity index (χ0v) is 9.38. The molecule has 0 fully saturated rings. The van der Waals surface area contributed by atoms with Crippen molar-refractivity contribution >= 4 is 27.0 Å². The lowest BCUT2D eigenvalue weighted by atomic mass is 10.4. The highest BCUT2D eigenvalue weighted by atomic mass is 32.2. The maximum Gasteiger partial charge on any atom is 0.250 e. The molecule has 0 bridgehead atoms. The Kier molecular flexibility index (Phi) is 4.05. The second-order valence-corrected chi connectivity index (χ2v) is 5.73. The van der Waals surface area contributed by atoms with E-state index in [0.717, 1.165) is 11.3 Å². The van der Waals surface area contributed by atoms with Crippen molar-refractivity contribution in [2.75, 3.05) is 18.9 Å². The molecule has 0 aromatic carbocycles. The third-order valence-corrected chi connectivity index (χ3v) is 4.60. The lowest BCUT2D eigenvalue weighted by Gasteiger charge is -2.12. The molecular formula is C7H12N2O4S2. The number of aliphatic hydroxyl groups excluding tert-OH is 2. The molecule has 15 heavy (non-hydrogen) atoms. The van der Waals surface area contributed by atoms with Gasteiger partial charge in [-0.3, -0.25) is 0 Å². The Hall–Kier alpha value is -0.670. The van der Waals surface area contributed by atoms with E-state index in [2.05, 4.69) is 4.72 Å². The number of nitrogen functional groups attached to an aromatic ring is 1. The highest BCUT2D eigenvalue weighted by Crippen LogP contribution is 2.21. The van der Waals surface area contributed by atoms with Gasteiger partial charge in [-0.2, -0.15) is 0 Å². The van der Waals surface area contributed by atoms with E-state index in [0.29, 0.717) is 5.69 Å². The minimum atomic E-state index is -3.69. The molecule has 8 heteroatoms. The van der Waals surface area contributed by atoms with Crippen molar-refractivity contribution in [1.82, 2.24) is 4.72 Å². The Bertz CT molecular complexity index is 410. The van der Waals surface area contributed by atoms with E-state index in [9.17, 15) is 8.42 Å². The van der Waals surface area contributed by atoms with Gasteiger partial charge in [-0.1, -0.05) is 0 Å². The summed E-state index contributed by atoms with van der Waals surface area (Å²) in [6.45, 7) is -0.923. The van der Waals surface area contributed by atoms with E-state index in [-0.39, 0.29) is 4.21 Å². The van der Waals surface area contributed by atoms with Gasteiger partial charge in [-0.25, -0.2) is 13.1 Å². The van der Waals surface area contributed by atoms with Crippen molar-refractivity contribution in [3.8, 4) is 0 Å². The zero-order chi connectivity index (χ0) is 11.5. The molecule has 0 amide bonds. The second kappa shape index (κ2) is 4.90. The predicted molar refractivity (Wildman–Crippen MR) is 57.0 cm³/mol. The first kappa shape index (κ1) is 12.4. The van der Waals surface area contributed by atoms with Gasteiger partial charge in [0, 0.05) is 11.1 Å². The molecule has 1 aromatic heterocycles. The van der Waals surface area contributed by atoms with Crippen molar-refractivity contribution < 1.29 is 18.6 Å². The van der Waals surface area contributed by atoms with Crippen LogP contribution in [0.25, 0.3) is 0 Å². The summed E-state index contributed by atoms with van der Waals surface area (Å²) in [5.74, 6) is 0. The van der Waals surface area contributed by atoms with E-state index >= 15 is 0 Å². The Labute approximate surface area is 91.4 Å². The van der Waals surface area contributed by atoms with Crippen LogP contribution in [0.2, 0.25) is 0 Å². The third-order valence-electron chi connectivity index (χ3n) is 1.62. The molecule has 0 saturated carbocycles. The van der Waals surface area contributed by atoms with E-state index < -0.39 is 29.3 Å². The van der Waals surface area contributed by atoms with Crippen LogP contribution in [0.15, 0.2) is 15.7 Å². The van der Waals surface area contributed by atoms with Crippen LogP contribution >= 0.6 is 11.3 Å². The van der Waals surface area contributed by atoms with Gasteiger partial charge < -0.3 is 15.9 Å². The van der Waals surface area contributed by atoms with Crippen LogP contribution in [-0.2, 0) is 10.0 Å². The minimum absolute atomic E-state index is 0.0619. The standard InChI is InChI=1S/C7H12N2O4S2/c8-5-1-7(14-4-5)15(12,13)9-6(2-10)3-11/h1,4,6,9-11H,2-3,8H2. The third kappa shape index (κ3) is 3.14. The van der Waals surface area contributed by atoms with Gasteiger partial charge in [-0.15, -0.1) is 11.3 Å². The van der Waals surface area contributed by atoms with Crippen LogP contribution in [0.1, 0.15) is 0 Å². The topological polar surface area (TPSA) is 113 Å². The predicted octanol–water partition coefficient (Wildman–Crippen LogP) is -1.04. The molecular weight excluding hydrogens is 240 g/mol. The molecule has 1 rings (SSSR count). The molecule has 5 N–H and O–H groups in total. The maximum atomic E-state index is 11.6. The first-order chi connectivity index (χ1) is 6.99. The van der Waals surface area contributed by atoms with Crippen LogP contribution in [0.4, 0.5) is 5.69 Å². The molecule has 0 aliphatic rings. The van der Waals surface area contributed by atoms with Crippen molar-refractivity contribution in [3.63, 3.8) is 0 Å². The number of anilines is 1. The molecule has 0 atom stereocenters. The van der Waals surface area contributed by atoms with Gasteiger partial charge in [0.05, 0.1) is 19.3 Å². The number of rotatable bonds is 5. The Morgan fingerprint density at radius 1 is 1.47 bits per heavy atom. The van der Waals surface area contributed by atoms with Crippen LogP contribution < -0.4 is 10.5 Å². The monoisotopic (exact) mass is 252 g/mol. The molecule has 6 nitrogen and oxygen atoms in total. The van der Waals surface area contributed by atoms with E-state index in [4.69, 9.17) is 15.9 Å². The number of nitrogens with one attached hydrogen (secondary N) is 1. The summed E-state index contributed by atoms with van der Waals surface area (Å²) in [5, 5.41) is 19.0. The summed E-state index contributed by atoms with van der Waals surface area (Å²) in [6, 6.07) is 0.428. The van der Waals surface area contributed by atoms with Gasteiger partial charge in [0.25, 0.3) is 10.0 Å². The number of hydrogen-bond donors (Lipinski definition) is 4. The molecule has 86 valence electrons. The lowest BCUT2D eigenvalue weighted by molar-refractivity contribution is 0.185. The van der Waals surface area contributed by atoms with Crippen LogP contribution in [0.3, 0.4) is 0 Å². The number of aliphatic hydroxyl groups is 2. The smallest absolute Gasteiger partial charge is 0.250 e.